The van der Waals surface area contributed by atoms with Crippen molar-refractivity contribution in [1.82, 2.24) is 9.88 Å². The lowest BCUT2D eigenvalue weighted by atomic mass is 10.1. The lowest BCUT2D eigenvalue weighted by molar-refractivity contribution is -0.134. The molecule has 1 aromatic heterocycles. The normalized spacial score (nSPS) is 24.5. The van der Waals surface area contributed by atoms with Crippen LogP contribution >= 0.6 is 11.8 Å². The average molecular weight is 320 g/mol. The summed E-state index contributed by atoms with van der Waals surface area (Å²) in [6, 6.07) is 4.38. The van der Waals surface area contributed by atoms with E-state index in [1.165, 1.54) is 11.3 Å². The van der Waals surface area contributed by atoms with Crippen molar-refractivity contribution in [2.45, 2.75) is 44.2 Å². The maximum atomic E-state index is 12.7. The molecular weight excluding hydrogens is 296 g/mol. The molecule has 0 saturated carbocycles. The molecule has 2 saturated heterocycles. The number of rotatable bonds is 6. The molecule has 2 atom stereocenters. The number of amides is 1. The number of carbonyl (C=O) groups excluding carboxylic acids is 1. The van der Waals surface area contributed by atoms with Crippen LogP contribution in [0, 0.1) is 0 Å². The molecule has 0 unspecified atom stereocenters. The third kappa shape index (κ3) is 4.23. The molecule has 4 nitrogen and oxygen atoms in total. The van der Waals surface area contributed by atoms with Gasteiger partial charge in [-0.05, 0) is 49.1 Å². The zero-order chi connectivity index (χ0) is 15.2. The Balaban J connectivity index is 1.58. The molecule has 2 fully saturated rings. The number of aryl methyl sites for hydroxylation is 1. The van der Waals surface area contributed by atoms with Gasteiger partial charge in [0.1, 0.15) is 0 Å². The average Bonchev–Trinajstić information content (AvgIpc) is 3.24. The molecule has 2 aliphatic heterocycles. The van der Waals surface area contributed by atoms with E-state index < -0.39 is 0 Å². The van der Waals surface area contributed by atoms with Gasteiger partial charge in [0.05, 0.1) is 6.10 Å². The van der Waals surface area contributed by atoms with Crippen LogP contribution in [0.3, 0.4) is 0 Å². The standard InChI is InChI=1S/C17H24N2O2S/c20-17(4-3-14-5-8-18-9-6-14)19(15-7-11-22-13-15)12-16-2-1-10-21-16/h5-6,8-9,15-16H,1-4,7,10-13H2/t15-,16+/m1/s1. The van der Waals surface area contributed by atoms with Crippen molar-refractivity contribution in [3.63, 3.8) is 0 Å². The molecule has 5 heteroatoms. The van der Waals surface area contributed by atoms with Gasteiger partial charge >= 0.3 is 0 Å². The molecule has 3 rings (SSSR count). The number of aromatic nitrogens is 1. The molecule has 0 bridgehead atoms. The number of carbonyl (C=O) groups is 1. The molecule has 2 aliphatic rings. The first kappa shape index (κ1) is 15.8. The molecule has 120 valence electrons. The van der Waals surface area contributed by atoms with Crippen molar-refractivity contribution < 1.29 is 9.53 Å². The van der Waals surface area contributed by atoms with Gasteiger partial charge in [-0.1, -0.05) is 0 Å². The minimum absolute atomic E-state index is 0.246. The number of thioether (sulfide) groups is 1. The second-order valence-corrected chi connectivity index (χ2v) is 7.20. The van der Waals surface area contributed by atoms with Gasteiger partial charge in [-0.3, -0.25) is 9.78 Å². The van der Waals surface area contributed by atoms with Crippen LogP contribution in [-0.2, 0) is 16.0 Å². The molecular formula is C17H24N2O2S. The highest BCUT2D eigenvalue weighted by molar-refractivity contribution is 7.99. The molecule has 0 spiro atoms. The summed E-state index contributed by atoms with van der Waals surface area (Å²) in [5, 5.41) is 0. The number of hydrogen-bond acceptors (Lipinski definition) is 4. The topological polar surface area (TPSA) is 42.4 Å². The Labute approximate surface area is 136 Å². The SMILES string of the molecule is O=C(CCc1ccncc1)N(C[C@@H]1CCCO1)[C@@H]1CCSC1. The molecule has 3 heterocycles. The third-order valence-electron chi connectivity index (χ3n) is 4.47. The largest absolute Gasteiger partial charge is 0.376 e. The zero-order valence-corrected chi connectivity index (χ0v) is 13.8. The Kier molecular flexibility index (Phi) is 5.73. The Morgan fingerprint density at radius 3 is 2.91 bits per heavy atom. The van der Waals surface area contributed by atoms with Crippen LogP contribution in [0.25, 0.3) is 0 Å². The molecule has 0 aliphatic carbocycles. The van der Waals surface area contributed by atoms with Crippen molar-refractivity contribution in [2.24, 2.45) is 0 Å². The predicted octanol–water partition coefficient (Wildman–Crippen LogP) is 2.53. The van der Waals surface area contributed by atoms with Gasteiger partial charge in [0, 0.05) is 43.8 Å². The van der Waals surface area contributed by atoms with E-state index in [4.69, 9.17) is 4.74 Å². The van der Waals surface area contributed by atoms with E-state index >= 15 is 0 Å². The summed E-state index contributed by atoms with van der Waals surface area (Å²) in [6.45, 7) is 1.63. The minimum atomic E-state index is 0.246. The van der Waals surface area contributed by atoms with Gasteiger partial charge in [-0.2, -0.15) is 11.8 Å². The van der Waals surface area contributed by atoms with Gasteiger partial charge in [0.2, 0.25) is 5.91 Å². The molecule has 1 amide bonds. The lowest BCUT2D eigenvalue weighted by Crippen LogP contribution is -2.44. The van der Waals surface area contributed by atoms with E-state index in [1.54, 1.807) is 12.4 Å². The van der Waals surface area contributed by atoms with E-state index in [1.807, 2.05) is 23.9 Å². The number of nitrogens with zero attached hydrogens (tertiary/aromatic N) is 2. The summed E-state index contributed by atoms with van der Waals surface area (Å²) in [5.74, 6) is 2.53. The van der Waals surface area contributed by atoms with Gasteiger partial charge in [-0.15, -0.1) is 0 Å². The maximum absolute atomic E-state index is 12.7. The van der Waals surface area contributed by atoms with Crippen molar-refractivity contribution in [3.05, 3.63) is 30.1 Å². The second kappa shape index (κ2) is 7.97. The highest BCUT2D eigenvalue weighted by Gasteiger charge is 2.30. The van der Waals surface area contributed by atoms with Crippen LogP contribution in [0.4, 0.5) is 0 Å². The monoisotopic (exact) mass is 320 g/mol. The summed E-state index contributed by atoms with van der Waals surface area (Å²) >= 11 is 1.96. The van der Waals surface area contributed by atoms with E-state index in [0.717, 1.165) is 44.6 Å². The Morgan fingerprint density at radius 1 is 1.36 bits per heavy atom. The number of hydrogen-bond donors (Lipinski definition) is 0. The van der Waals surface area contributed by atoms with Crippen LogP contribution in [0.15, 0.2) is 24.5 Å². The molecule has 0 aromatic carbocycles. The van der Waals surface area contributed by atoms with Crippen LogP contribution < -0.4 is 0 Å². The van der Waals surface area contributed by atoms with E-state index in [2.05, 4.69) is 9.88 Å². The fraction of sp³-hybridized carbons (Fsp3) is 0.647. The van der Waals surface area contributed by atoms with Crippen LogP contribution in [0.5, 0.6) is 0 Å². The van der Waals surface area contributed by atoms with Gasteiger partial charge in [-0.25, -0.2) is 0 Å². The number of pyridine rings is 1. The fourth-order valence-electron chi connectivity index (χ4n) is 3.17. The first-order valence-corrected chi connectivity index (χ1v) is 9.36. The highest BCUT2D eigenvalue weighted by atomic mass is 32.2. The molecule has 22 heavy (non-hydrogen) atoms. The first-order valence-electron chi connectivity index (χ1n) is 8.20. The van der Waals surface area contributed by atoms with Crippen LogP contribution in [0.1, 0.15) is 31.2 Å². The summed E-state index contributed by atoms with van der Waals surface area (Å²) in [4.78, 5) is 18.9. The minimum Gasteiger partial charge on any atom is -0.376 e. The van der Waals surface area contributed by atoms with Gasteiger partial charge < -0.3 is 9.64 Å². The van der Waals surface area contributed by atoms with E-state index in [-0.39, 0.29) is 12.0 Å². The van der Waals surface area contributed by atoms with Crippen molar-refractivity contribution in [2.75, 3.05) is 24.7 Å². The van der Waals surface area contributed by atoms with Crippen LogP contribution in [0.2, 0.25) is 0 Å². The molecule has 0 N–H and O–H groups in total. The van der Waals surface area contributed by atoms with Crippen LogP contribution in [-0.4, -0.2) is 52.6 Å². The second-order valence-electron chi connectivity index (χ2n) is 6.05. The summed E-state index contributed by atoms with van der Waals surface area (Å²) < 4.78 is 5.75. The molecule has 0 radical (unpaired) electrons. The Bertz CT molecular complexity index is 471. The maximum Gasteiger partial charge on any atom is 0.223 e. The fourth-order valence-corrected chi connectivity index (χ4v) is 4.40. The first-order chi connectivity index (χ1) is 10.8. The van der Waals surface area contributed by atoms with Gasteiger partial charge in [0.25, 0.3) is 0 Å². The Morgan fingerprint density at radius 2 is 2.23 bits per heavy atom. The summed E-state index contributed by atoms with van der Waals surface area (Å²) in [7, 11) is 0. The summed E-state index contributed by atoms with van der Waals surface area (Å²) in [5.41, 5.74) is 1.18. The summed E-state index contributed by atoms with van der Waals surface area (Å²) in [6.07, 6.45) is 8.54. The highest BCUT2D eigenvalue weighted by Crippen LogP contribution is 2.25. The smallest absolute Gasteiger partial charge is 0.223 e. The van der Waals surface area contributed by atoms with E-state index in [9.17, 15) is 4.79 Å². The quantitative estimate of drug-likeness (QED) is 0.808. The van der Waals surface area contributed by atoms with E-state index in [0.29, 0.717) is 12.5 Å². The van der Waals surface area contributed by atoms with Crippen molar-refractivity contribution in [1.29, 1.82) is 0 Å². The molecule has 1 aromatic rings. The number of ether oxygens (including phenoxy) is 1. The predicted molar refractivity (Wildman–Crippen MR) is 89.0 cm³/mol. The lowest BCUT2D eigenvalue weighted by Gasteiger charge is -2.31. The van der Waals surface area contributed by atoms with Crippen molar-refractivity contribution >= 4 is 17.7 Å². The van der Waals surface area contributed by atoms with Crippen molar-refractivity contribution in [3.8, 4) is 0 Å². The third-order valence-corrected chi connectivity index (χ3v) is 5.61. The Hall–Kier alpha value is -1.07. The zero-order valence-electron chi connectivity index (χ0n) is 12.9. The van der Waals surface area contributed by atoms with Gasteiger partial charge in [0.15, 0.2) is 0 Å².